The SMILES string of the molecule is COc1c(Cl)cc(C(=O)O)cc1NC(=S)NC(=O)c1cc([N+](=O)[O-])ccc1N1CCC(C)CC1. The predicted octanol–water partition coefficient (Wildman–Crippen LogP) is 4.32. The first-order valence-electron chi connectivity index (χ1n) is 10.4. The maximum absolute atomic E-state index is 13.1. The molecule has 10 nitrogen and oxygen atoms in total. The van der Waals surface area contributed by atoms with Crippen molar-refractivity contribution < 1.29 is 24.4 Å². The zero-order chi connectivity index (χ0) is 25.0. The molecule has 1 heterocycles. The van der Waals surface area contributed by atoms with Crippen LogP contribution in [-0.2, 0) is 0 Å². The van der Waals surface area contributed by atoms with E-state index in [2.05, 4.69) is 17.6 Å². The fourth-order valence-corrected chi connectivity index (χ4v) is 4.19. The highest BCUT2D eigenvalue weighted by Crippen LogP contribution is 2.34. The number of thiocarbonyl (C=S) groups is 1. The Hall–Kier alpha value is -3.44. The van der Waals surface area contributed by atoms with Crippen LogP contribution in [0.1, 0.15) is 40.5 Å². The number of carbonyl (C=O) groups excluding carboxylic acids is 1. The molecule has 1 aliphatic heterocycles. The van der Waals surface area contributed by atoms with Gasteiger partial charge in [0.1, 0.15) is 0 Å². The lowest BCUT2D eigenvalue weighted by Gasteiger charge is -2.33. The molecule has 1 amide bonds. The summed E-state index contributed by atoms with van der Waals surface area (Å²) >= 11 is 11.3. The number of ether oxygens (including phenoxy) is 1. The minimum Gasteiger partial charge on any atom is -0.493 e. The number of carboxylic acid groups (broad SMARTS) is 1. The van der Waals surface area contributed by atoms with Gasteiger partial charge in [-0.15, -0.1) is 0 Å². The molecule has 0 spiro atoms. The number of non-ortho nitro benzene ring substituents is 1. The Bertz CT molecular complexity index is 1150. The number of carboxylic acids is 1. The van der Waals surface area contributed by atoms with Crippen molar-refractivity contribution in [2.45, 2.75) is 19.8 Å². The second kappa shape index (κ2) is 10.7. The number of benzene rings is 2. The Kier molecular flexibility index (Phi) is 7.90. The Morgan fingerprint density at radius 2 is 1.94 bits per heavy atom. The zero-order valence-corrected chi connectivity index (χ0v) is 20.0. The Balaban J connectivity index is 1.86. The number of methoxy groups -OCH3 is 1. The van der Waals surface area contributed by atoms with E-state index in [0.717, 1.165) is 25.9 Å². The number of nitrogens with one attached hydrogen (secondary N) is 2. The molecular formula is C22H23ClN4O6S. The van der Waals surface area contributed by atoms with Crippen molar-refractivity contribution in [1.82, 2.24) is 5.32 Å². The number of hydrogen-bond donors (Lipinski definition) is 3. The van der Waals surface area contributed by atoms with Gasteiger partial charge in [0.05, 0.1) is 39.6 Å². The molecule has 0 saturated carbocycles. The van der Waals surface area contributed by atoms with Crippen LogP contribution in [0.2, 0.25) is 5.02 Å². The average Bonchev–Trinajstić information content (AvgIpc) is 2.78. The van der Waals surface area contributed by atoms with E-state index in [1.54, 1.807) is 6.07 Å². The van der Waals surface area contributed by atoms with Crippen molar-refractivity contribution in [3.63, 3.8) is 0 Å². The maximum atomic E-state index is 13.1. The first kappa shape index (κ1) is 25.2. The Morgan fingerprint density at radius 1 is 1.26 bits per heavy atom. The monoisotopic (exact) mass is 506 g/mol. The lowest BCUT2D eigenvalue weighted by molar-refractivity contribution is -0.384. The van der Waals surface area contributed by atoms with E-state index in [1.807, 2.05) is 4.90 Å². The molecule has 0 bridgehead atoms. The molecule has 1 saturated heterocycles. The van der Waals surface area contributed by atoms with Crippen molar-refractivity contribution >= 4 is 57.9 Å². The normalized spacial score (nSPS) is 13.8. The van der Waals surface area contributed by atoms with E-state index in [4.69, 9.17) is 28.6 Å². The highest BCUT2D eigenvalue weighted by Gasteiger charge is 2.24. The summed E-state index contributed by atoms with van der Waals surface area (Å²) in [5.74, 6) is -1.15. The van der Waals surface area contributed by atoms with Gasteiger partial charge in [-0.1, -0.05) is 18.5 Å². The molecule has 12 heteroatoms. The maximum Gasteiger partial charge on any atom is 0.335 e. The first-order chi connectivity index (χ1) is 16.1. The number of carbonyl (C=O) groups is 2. The summed E-state index contributed by atoms with van der Waals surface area (Å²) in [5, 5.41) is 25.7. The lowest BCUT2D eigenvalue weighted by atomic mass is 9.98. The summed E-state index contributed by atoms with van der Waals surface area (Å²) in [6.45, 7) is 3.60. The lowest BCUT2D eigenvalue weighted by Crippen LogP contribution is -2.37. The molecule has 180 valence electrons. The van der Waals surface area contributed by atoms with E-state index >= 15 is 0 Å². The number of nitro groups is 1. The molecule has 0 unspecified atom stereocenters. The third kappa shape index (κ3) is 5.72. The molecule has 2 aromatic rings. The standard InChI is InChI=1S/C22H23ClN4O6S/c1-12-5-7-26(8-6-12)18-4-3-14(27(31)32)11-15(18)20(28)25-22(34)24-17-10-13(21(29)30)9-16(23)19(17)33-2/h3-4,9-12H,5-8H2,1-2H3,(H,29,30)(H2,24,25,28,34). The van der Waals surface area contributed by atoms with Crippen LogP contribution in [0.4, 0.5) is 17.1 Å². The van der Waals surface area contributed by atoms with Crippen LogP contribution in [0.25, 0.3) is 0 Å². The molecule has 3 rings (SSSR count). The summed E-state index contributed by atoms with van der Waals surface area (Å²) in [6.07, 6.45) is 1.89. The van der Waals surface area contributed by atoms with E-state index in [-0.39, 0.29) is 38.4 Å². The van der Waals surface area contributed by atoms with Crippen LogP contribution >= 0.6 is 23.8 Å². The van der Waals surface area contributed by atoms with Gasteiger partial charge in [-0.3, -0.25) is 20.2 Å². The highest BCUT2D eigenvalue weighted by molar-refractivity contribution is 7.80. The Labute approximate surface area is 206 Å². The van der Waals surface area contributed by atoms with Crippen LogP contribution in [0.5, 0.6) is 5.75 Å². The largest absolute Gasteiger partial charge is 0.493 e. The number of halogens is 1. The minimum absolute atomic E-state index is 0.0410. The van der Waals surface area contributed by atoms with Gasteiger partial charge in [0.15, 0.2) is 10.9 Å². The van der Waals surface area contributed by atoms with E-state index in [1.165, 1.54) is 31.4 Å². The molecule has 1 fully saturated rings. The number of aromatic carboxylic acids is 1. The average molecular weight is 507 g/mol. The summed E-state index contributed by atoms with van der Waals surface area (Å²) < 4.78 is 5.21. The molecule has 0 aliphatic carbocycles. The van der Waals surface area contributed by atoms with Crippen LogP contribution in [0, 0.1) is 16.0 Å². The highest BCUT2D eigenvalue weighted by atomic mass is 35.5. The van der Waals surface area contributed by atoms with Crippen molar-refractivity contribution in [2.24, 2.45) is 5.92 Å². The molecule has 2 aromatic carbocycles. The molecule has 1 aliphatic rings. The van der Waals surface area contributed by atoms with Crippen LogP contribution < -0.4 is 20.3 Å². The van der Waals surface area contributed by atoms with Gasteiger partial charge in [0, 0.05) is 25.2 Å². The number of anilines is 2. The fourth-order valence-electron chi connectivity index (χ4n) is 3.69. The van der Waals surface area contributed by atoms with E-state index in [9.17, 15) is 24.8 Å². The predicted molar refractivity (Wildman–Crippen MR) is 132 cm³/mol. The van der Waals surface area contributed by atoms with Gasteiger partial charge in [-0.2, -0.15) is 0 Å². The zero-order valence-electron chi connectivity index (χ0n) is 18.5. The summed E-state index contributed by atoms with van der Waals surface area (Å²) in [7, 11) is 1.35. The van der Waals surface area contributed by atoms with E-state index in [0.29, 0.717) is 11.6 Å². The first-order valence-corrected chi connectivity index (χ1v) is 11.2. The number of hydrogen-bond acceptors (Lipinski definition) is 7. The summed E-state index contributed by atoms with van der Waals surface area (Å²) in [6, 6.07) is 6.64. The van der Waals surface area contributed by atoms with Gasteiger partial charge >= 0.3 is 5.97 Å². The summed E-state index contributed by atoms with van der Waals surface area (Å²) in [4.78, 5) is 37.2. The fraction of sp³-hybridized carbons (Fsp3) is 0.318. The quantitative estimate of drug-likeness (QED) is 0.297. The van der Waals surface area contributed by atoms with Gasteiger partial charge < -0.3 is 20.1 Å². The third-order valence-corrected chi connectivity index (χ3v) is 6.01. The number of rotatable bonds is 6. The molecule has 0 aromatic heterocycles. The van der Waals surface area contributed by atoms with Crippen molar-refractivity contribution in [3.05, 3.63) is 56.6 Å². The topological polar surface area (TPSA) is 134 Å². The number of nitro benzene ring substituents is 1. The van der Waals surface area contributed by atoms with Crippen molar-refractivity contribution in [2.75, 3.05) is 30.4 Å². The molecule has 3 N–H and O–H groups in total. The number of amides is 1. The van der Waals surface area contributed by atoms with Crippen molar-refractivity contribution in [1.29, 1.82) is 0 Å². The Morgan fingerprint density at radius 3 is 2.53 bits per heavy atom. The second-order valence-electron chi connectivity index (χ2n) is 7.88. The smallest absolute Gasteiger partial charge is 0.335 e. The van der Waals surface area contributed by atoms with Gasteiger partial charge in [0.25, 0.3) is 11.6 Å². The van der Waals surface area contributed by atoms with Crippen LogP contribution in [0.15, 0.2) is 30.3 Å². The van der Waals surface area contributed by atoms with Gasteiger partial charge in [-0.25, -0.2) is 4.79 Å². The number of nitrogens with zero attached hydrogens (tertiary/aromatic N) is 2. The molecule has 34 heavy (non-hydrogen) atoms. The summed E-state index contributed by atoms with van der Waals surface area (Å²) in [5.41, 5.74) is 0.494. The van der Waals surface area contributed by atoms with Gasteiger partial charge in [0.2, 0.25) is 0 Å². The van der Waals surface area contributed by atoms with Crippen molar-refractivity contribution in [3.8, 4) is 5.75 Å². The van der Waals surface area contributed by atoms with Crippen LogP contribution in [-0.4, -0.2) is 47.2 Å². The number of piperidine rings is 1. The van der Waals surface area contributed by atoms with E-state index < -0.39 is 16.8 Å². The van der Waals surface area contributed by atoms with Crippen LogP contribution in [0.3, 0.4) is 0 Å². The van der Waals surface area contributed by atoms with Gasteiger partial charge in [-0.05, 0) is 49.2 Å². The third-order valence-electron chi connectivity index (χ3n) is 5.53. The molecule has 0 radical (unpaired) electrons. The molecule has 0 atom stereocenters. The second-order valence-corrected chi connectivity index (χ2v) is 8.70. The minimum atomic E-state index is -1.21. The molecular weight excluding hydrogens is 484 g/mol.